The van der Waals surface area contributed by atoms with Gasteiger partial charge in [0, 0.05) is 18.3 Å². The SMILES string of the molecule is Cc1ccc(CNC2CC2C)cc1N. The maximum absolute atomic E-state index is 5.84. The molecule has 2 unspecified atom stereocenters. The van der Waals surface area contributed by atoms with Crippen LogP contribution >= 0.6 is 0 Å². The summed E-state index contributed by atoms with van der Waals surface area (Å²) < 4.78 is 0. The second kappa shape index (κ2) is 3.62. The Morgan fingerprint density at radius 2 is 2.21 bits per heavy atom. The highest BCUT2D eigenvalue weighted by atomic mass is 15.0. The molecule has 3 N–H and O–H groups in total. The number of anilines is 1. The second-order valence-corrected chi connectivity index (χ2v) is 4.39. The molecule has 0 saturated heterocycles. The van der Waals surface area contributed by atoms with E-state index in [2.05, 4.69) is 30.4 Å². The second-order valence-electron chi connectivity index (χ2n) is 4.39. The molecule has 2 nitrogen and oxygen atoms in total. The molecule has 1 fully saturated rings. The Balaban J connectivity index is 1.92. The Labute approximate surface area is 85.5 Å². The first-order valence-corrected chi connectivity index (χ1v) is 5.25. The summed E-state index contributed by atoms with van der Waals surface area (Å²) in [6, 6.07) is 7.03. The van der Waals surface area contributed by atoms with Gasteiger partial charge in [-0.25, -0.2) is 0 Å². The molecule has 1 aromatic carbocycles. The highest BCUT2D eigenvalue weighted by Gasteiger charge is 2.31. The Morgan fingerprint density at radius 1 is 1.50 bits per heavy atom. The number of aryl methyl sites for hydroxylation is 1. The van der Waals surface area contributed by atoms with Gasteiger partial charge in [0.1, 0.15) is 0 Å². The van der Waals surface area contributed by atoms with Gasteiger partial charge in [0.05, 0.1) is 0 Å². The lowest BCUT2D eigenvalue weighted by Gasteiger charge is -2.06. The predicted molar refractivity (Wildman–Crippen MR) is 60.0 cm³/mol. The number of hydrogen-bond donors (Lipinski definition) is 2. The van der Waals surface area contributed by atoms with Gasteiger partial charge in [-0.2, -0.15) is 0 Å². The van der Waals surface area contributed by atoms with Crippen LogP contribution < -0.4 is 11.1 Å². The molecule has 0 radical (unpaired) electrons. The lowest BCUT2D eigenvalue weighted by Crippen LogP contribution is -2.17. The van der Waals surface area contributed by atoms with Crippen molar-refractivity contribution >= 4 is 5.69 Å². The normalized spacial score (nSPS) is 25.0. The highest BCUT2D eigenvalue weighted by molar-refractivity contribution is 5.48. The molecule has 0 aliphatic heterocycles. The van der Waals surface area contributed by atoms with Gasteiger partial charge in [0.2, 0.25) is 0 Å². The van der Waals surface area contributed by atoms with Gasteiger partial charge in [0.15, 0.2) is 0 Å². The molecule has 14 heavy (non-hydrogen) atoms. The summed E-state index contributed by atoms with van der Waals surface area (Å²) in [7, 11) is 0. The molecule has 2 rings (SSSR count). The van der Waals surface area contributed by atoms with Crippen molar-refractivity contribution in [3.8, 4) is 0 Å². The van der Waals surface area contributed by atoms with E-state index in [1.54, 1.807) is 0 Å². The van der Waals surface area contributed by atoms with E-state index in [1.165, 1.54) is 12.0 Å². The van der Waals surface area contributed by atoms with Crippen LogP contribution in [0.5, 0.6) is 0 Å². The fourth-order valence-corrected chi connectivity index (χ4v) is 1.66. The van der Waals surface area contributed by atoms with Crippen LogP contribution in [-0.4, -0.2) is 6.04 Å². The van der Waals surface area contributed by atoms with E-state index in [0.29, 0.717) is 0 Å². The van der Waals surface area contributed by atoms with Crippen LogP contribution in [0.2, 0.25) is 0 Å². The standard InChI is InChI=1S/C12H18N2/c1-8-3-4-10(6-11(8)13)7-14-12-5-9(12)2/h3-4,6,9,12,14H,5,7,13H2,1-2H3. The minimum atomic E-state index is 0.734. The third-order valence-electron chi connectivity index (χ3n) is 3.02. The van der Waals surface area contributed by atoms with E-state index in [4.69, 9.17) is 5.73 Å². The monoisotopic (exact) mass is 190 g/mol. The third kappa shape index (κ3) is 2.07. The molecule has 0 aromatic heterocycles. The van der Waals surface area contributed by atoms with Gasteiger partial charge in [-0.1, -0.05) is 19.1 Å². The summed E-state index contributed by atoms with van der Waals surface area (Å²) in [5, 5.41) is 3.51. The summed E-state index contributed by atoms with van der Waals surface area (Å²) in [6.45, 7) is 5.26. The van der Waals surface area contributed by atoms with E-state index >= 15 is 0 Å². The Kier molecular flexibility index (Phi) is 2.46. The molecule has 1 aromatic rings. The van der Waals surface area contributed by atoms with E-state index < -0.39 is 0 Å². The van der Waals surface area contributed by atoms with Crippen molar-refractivity contribution in [1.82, 2.24) is 5.32 Å². The lowest BCUT2D eigenvalue weighted by molar-refractivity contribution is 0.652. The van der Waals surface area contributed by atoms with Gasteiger partial charge < -0.3 is 11.1 Å². The molecule has 76 valence electrons. The molecule has 0 heterocycles. The fourth-order valence-electron chi connectivity index (χ4n) is 1.66. The number of nitrogen functional groups attached to an aromatic ring is 1. The molecule has 1 saturated carbocycles. The van der Waals surface area contributed by atoms with Crippen LogP contribution in [0.4, 0.5) is 5.69 Å². The number of nitrogens with two attached hydrogens (primary N) is 1. The largest absolute Gasteiger partial charge is 0.399 e. The topological polar surface area (TPSA) is 38.0 Å². The van der Waals surface area contributed by atoms with Crippen molar-refractivity contribution in [3.63, 3.8) is 0 Å². The van der Waals surface area contributed by atoms with Crippen LogP contribution in [0, 0.1) is 12.8 Å². The first-order valence-electron chi connectivity index (χ1n) is 5.25. The smallest absolute Gasteiger partial charge is 0.0346 e. The summed E-state index contributed by atoms with van der Waals surface area (Å²) in [5.74, 6) is 0.859. The van der Waals surface area contributed by atoms with Crippen molar-refractivity contribution in [2.75, 3.05) is 5.73 Å². The molecule has 2 atom stereocenters. The quantitative estimate of drug-likeness (QED) is 0.716. The predicted octanol–water partition coefficient (Wildman–Crippen LogP) is 2.08. The molecular weight excluding hydrogens is 172 g/mol. The first kappa shape index (κ1) is 9.53. The Morgan fingerprint density at radius 3 is 2.79 bits per heavy atom. The third-order valence-corrected chi connectivity index (χ3v) is 3.02. The molecule has 2 heteroatoms. The average Bonchev–Trinajstić information content (AvgIpc) is 2.85. The summed E-state index contributed by atoms with van der Waals surface area (Å²) >= 11 is 0. The van der Waals surface area contributed by atoms with Crippen LogP contribution in [0.3, 0.4) is 0 Å². The molecule has 0 amide bonds. The van der Waals surface area contributed by atoms with E-state index in [1.807, 2.05) is 6.92 Å². The first-order chi connectivity index (χ1) is 6.66. The Bertz CT molecular complexity index is 333. The van der Waals surface area contributed by atoms with Crippen LogP contribution in [0.1, 0.15) is 24.5 Å². The molecule has 1 aliphatic rings. The number of rotatable bonds is 3. The van der Waals surface area contributed by atoms with E-state index in [-0.39, 0.29) is 0 Å². The number of hydrogen-bond acceptors (Lipinski definition) is 2. The fraction of sp³-hybridized carbons (Fsp3) is 0.500. The molecule has 0 spiro atoms. The molecular formula is C12H18N2. The van der Waals surface area contributed by atoms with Crippen molar-refractivity contribution in [1.29, 1.82) is 0 Å². The lowest BCUT2D eigenvalue weighted by atomic mass is 10.1. The van der Waals surface area contributed by atoms with Gasteiger partial charge in [-0.05, 0) is 36.5 Å². The van der Waals surface area contributed by atoms with Crippen molar-refractivity contribution in [2.24, 2.45) is 5.92 Å². The van der Waals surface area contributed by atoms with Crippen LogP contribution in [-0.2, 0) is 6.54 Å². The zero-order valence-corrected chi connectivity index (χ0v) is 8.88. The van der Waals surface area contributed by atoms with Crippen molar-refractivity contribution in [3.05, 3.63) is 29.3 Å². The van der Waals surface area contributed by atoms with Crippen molar-refractivity contribution < 1.29 is 0 Å². The van der Waals surface area contributed by atoms with Gasteiger partial charge >= 0.3 is 0 Å². The highest BCUT2D eigenvalue weighted by Crippen LogP contribution is 2.29. The number of nitrogens with one attached hydrogen (secondary N) is 1. The Hall–Kier alpha value is -1.02. The maximum Gasteiger partial charge on any atom is 0.0346 e. The summed E-state index contributed by atoms with van der Waals surface area (Å²) in [4.78, 5) is 0. The van der Waals surface area contributed by atoms with Gasteiger partial charge in [0.25, 0.3) is 0 Å². The van der Waals surface area contributed by atoms with Crippen molar-refractivity contribution in [2.45, 2.75) is 32.9 Å². The number of benzene rings is 1. The van der Waals surface area contributed by atoms with Gasteiger partial charge in [-0.3, -0.25) is 0 Å². The zero-order valence-electron chi connectivity index (χ0n) is 8.88. The summed E-state index contributed by atoms with van der Waals surface area (Å²) in [6.07, 6.45) is 1.32. The molecule has 1 aliphatic carbocycles. The average molecular weight is 190 g/mol. The van der Waals surface area contributed by atoms with Gasteiger partial charge in [-0.15, -0.1) is 0 Å². The summed E-state index contributed by atoms with van der Waals surface area (Å²) in [5.41, 5.74) is 9.18. The zero-order chi connectivity index (χ0) is 10.1. The van der Waals surface area contributed by atoms with E-state index in [9.17, 15) is 0 Å². The maximum atomic E-state index is 5.84. The van der Waals surface area contributed by atoms with E-state index in [0.717, 1.165) is 29.8 Å². The van der Waals surface area contributed by atoms with Crippen LogP contribution in [0.25, 0.3) is 0 Å². The minimum absolute atomic E-state index is 0.734. The molecule has 0 bridgehead atoms. The minimum Gasteiger partial charge on any atom is -0.399 e. The van der Waals surface area contributed by atoms with Crippen LogP contribution in [0.15, 0.2) is 18.2 Å².